The van der Waals surface area contributed by atoms with Crippen LogP contribution < -0.4 is 20.4 Å². The Morgan fingerprint density at radius 3 is 2.44 bits per heavy atom. The van der Waals surface area contributed by atoms with Gasteiger partial charge in [0.25, 0.3) is 0 Å². The van der Waals surface area contributed by atoms with Gasteiger partial charge in [0.2, 0.25) is 15.9 Å². The molecule has 3 aliphatic rings. The van der Waals surface area contributed by atoms with E-state index in [2.05, 4.69) is 45.5 Å². The van der Waals surface area contributed by atoms with E-state index in [4.69, 9.17) is 0 Å². The second-order valence-electron chi connectivity index (χ2n) is 11.0. The topological polar surface area (TPSA) is 140 Å². The van der Waals surface area contributed by atoms with Crippen molar-refractivity contribution in [1.82, 2.24) is 15.4 Å². The molecule has 2 saturated carbocycles. The summed E-state index contributed by atoms with van der Waals surface area (Å²) in [4.78, 5) is 24.4. The summed E-state index contributed by atoms with van der Waals surface area (Å²) < 4.78 is 29.0. The predicted octanol–water partition coefficient (Wildman–Crippen LogP) is 3.41. The fourth-order valence-corrected chi connectivity index (χ4v) is 7.09. The minimum Gasteiger partial charge on any atom is -0.507 e. The summed E-state index contributed by atoms with van der Waals surface area (Å²) in [6, 6.07) is 7.60. The van der Waals surface area contributed by atoms with Gasteiger partial charge in [-0.2, -0.15) is 10.1 Å². The van der Waals surface area contributed by atoms with Crippen LogP contribution in [0.2, 0.25) is 0 Å². The molecule has 2 aliphatic carbocycles. The highest BCUT2D eigenvalue weighted by Gasteiger charge is 2.37. The van der Waals surface area contributed by atoms with E-state index in [9.17, 15) is 23.1 Å². The maximum Gasteiger partial charge on any atom is 0.347 e. The first-order valence-corrected chi connectivity index (χ1v) is 16.3. The summed E-state index contributed by atoms with van der Waals surface area (Å²) in [7, 11) is 1.26. The Morgan fingerprint density at radius 1 is 1.17 bits per heavy atom. The molecule has 4 N–H and O–H groups in total. The third-order valence-electron chi connectivity index (χ3n) is 7.66. The molecule has 13 heteroatoms. The highest BCUT2D eigenvalue weighted by molar-refractivity contribution is 7.89. The number of hydrazone groups is 1. The zero-order chi connectivity index (χ0) is 29.6. The van der Waals surface area contributed by atoms with E-state index < -0.39 is 16.1 Å². The summed E-state index contributed by atoms with van der Waals surface area (Å²) >= 11 is 0. The lowest BCUT2D eigenvalue weighted by Crippen LogP contribution is -2.53. The lowest BCUT2D eigenvalue weighted by atomic mass is 9.87. The number of aromatic hydroxyl groups is 1. The van der Waals surface area contributed by atoms with Gasteiger partial charge in [0.15, 0.2) is 0 Å². The van der Waals surface area contributed by atoms with Crippen LogP contribution in [0.3, 0.4) is 0 Å². The van der Waals surface area contributed by atoms with Crippen molar-refractivity contribution in [2.75, 3.05) is 5.01 Å². The number of sulfonamides is 1. The van der Waals surface area contributed by atoms with Gasteiger partial charge in [0, 0.05) is 23.4 Å². The van der Waals surface area contributed by atoms with Crippen LogP contribution in [0, 0.1) is 19.8 Å². The van der Waals surface area contributed by atoms with Crippen LogP contribution in [0.1, 0.15) is 47.9 Å². The zero-order valence-electron chi connectivity index (χ0n) is 23.0. The van der Waals surface area contributed by atoms with Crippen molar-refractivity contribution in [1.29, 1.82) is 0 Å². The molecule has 2 atom stereocenters. The van der Waals surface area contributed by atoms with Gasteiger partial charge < -0.3 is 15.7 Å². The van der Waals surface area contributed by atoms with Gasteiger partial charge >= 0.3 is 6.03 Å². The predicted molar refractivity (Wildman–Crippen MR) is 166 cm³/mol. The molecule has 0 radical (unpaired) electrons. The minimum atomic E-state index is -3.98. The number of nitrogens with one attached hydrogen (secondary N) is 3. The molecule has 41 heavy (non-hydrogen) atoms. The number of benzene rings is 2. The Balaban J connectivity index is 1.31. The van der Waals surface area contributed by atoms with Crippen LogP contribution in [0.25, 0.3) is 0 Å². The second-order valence-corrected chi connectivity index (χ2v) is 14.9. The van der Waals surface area contributed by atoms with Gasteiger partial charge in [-0.3, -0.25) is 4.79 Å². The Hall–Kier alpha value is -2.84. The molecule has 2 unspecified atom stereocenters. The first kappa shape index (κ1) is 29.6. The van der Waals surface area contributed by atoms with E-state index in [1.165, 1.54) is 17.1 Å². The summed E-state index contributed by atoms with van der Waals surface area (Å²) in [5.74, 6) is -0.157. The largest absolute Gasteiger partial charge is 0.507 e. The third-order valence-corrected chi connectivity index (χ3v) is 9.84. The van der Waals surface area contributed by atoms with Gasteiger partial charge in [-0.1, -0.05) is 12.6 Å². The highest BCUT2D eigenvalue weighted by Crippen LogP contribution is 2.33. The summed E-state index contributed by atoms with van der Waals surface area (Å²) in [5.41, 5.74) is 5.20. The molecule has 0 aromatic heterocycles. The molecule has 0 bridgehead atoms. The lowest BCUT2D eigenvalue weighted by Gasteiger charge is -2.36. The van der Waals surface area contributed by atoms with Crippen molar-refractivity contribution in [2.24, 2.45) is 11.0 Å². The van der Waals surface area contributed by atoms with Crippen molar-refractivity contribution in [2.45, 2.75) is 68.3 Å². The van der Waals surface area contributed by atoms with E-state index in [0.717, 1.165) is 29.5 Å². The Morgan fingerprint density at radius 2 is 1.83 bits per heavy atom. The van der Waals surface area contributed by atoms with Crippen molar-refractivity contribution in [3.05, 3.63) is 64.9 Å². The van der Waals surface area contributed by atoms with Crippen LogP contribution in [0.15, 0.2) is 52.6 Å². The molecule has 2 aromatic rings. The van der Waals surface area contributed by atoms with Gasteiger partial charge in [0.1, 0.15) is 10.6 Å². The molecule has 10 nitrogen and oxygen atoms in total. The van der Waals surface area contributed by atoms with Crippen molar-refractivity contribution < 1.29 is 23.1 Å². The Labute approximate surface area is 244 Å². The number of anilines is 1. The third kappa shape index (κ3) is 6.49. The first-order chi connectivity index (χ1) is 19.3. The molecule has 3 amide bonds. The van der Waals surface area contributed by atoms with Crippen molar-refractivity contribution in [3.8, 4) is 5.75 Å². The number of rotatable bonds is 9. The van der Waals surface area contributed by atoms with Crippen LogP contribution in [-0.4, -0.2) is 48.7 Å². The zero-order valence-corrected chi connectivity index (χ0v) is 26.1. The summed E-state index contributed by atoms with van der Waals surface area (Å²) in [6.45, 7) is 7.73. The monoisotopic (exact) mass is 615 g/mol. The number of phenolic OH excluding ortho intramolecular Hbond substituents is 1. The number of allylic oxidation sites excluding steroid dienone is 1. The molecule has 0 spiro atoms. The van der Waals surface area contributed by atoms with Crippen LogP contribution >= 0.6 is 18.5 Å². The second kappa shape index (κ2) is 11.4. The molecule has 5 rings (SSSR count). The smallest absolute Gasteiger partial charge is 0.347 e. The number of carbonyl (C=O) groups excluding carboxylic acids is 2. The minimum absolute atomic E-state index is 0.0279. The van der Waals surface area contributed by atoms with Gasteiger partial charge in [-0.05, 0) is 92.5 Å². The Kier molecular flexibility index (Phi) is 8.27. The molecular weight excluding hydrogens is 580 g/mol. The number of urea groups is 1. The molecule has 218 valence electrons. The number of hydrogen-bond acceptors (Lipinski definition) is 6. The quantitative estimate of drug-likeness (QED) is 0.320. The fourth-order valence-electron chi connectivity index (χ4n) is 5.14. The summed E-state index contributed by atoms with van der Waals surface area (Å²) in [6.07, 6.45) is 3.31. The average Bonchev–Trinajstić information content (AvgIpc) is 3.71. The van der Waals surface area contributed by atoms with Crippen LogP contribution in [0.4, 0.5) is 10.5 Å². The SMILES string of the molecule is C=C1NC(=O)N(c2cc(C)c(Cc3ccc(O)c(S(=O)(=O)NC4CC(NC(=O)C5CC5)C4)c3)c(C)c2)N=C1C(P)P. The molecule has 1 aliphatic heterocycles. The van der Waals surface area contributed by atoms with Gasteiger partial charge in [-0.15, -0.1) is 18.5 Å². The number of hydrogen-bond donors (Lipinski definition) is 4. The Bertz CT molecular complexity index is 1540. The molecule has 2 aromatic carbocycles. The van der Waals surface area contributed by atoms with Crippen molar-refractivity contribution in [3.63, 3.8) is 0 Å². The van der Waals surface area contributed by atoms with Crippen molar-refractivity contribution >= 4 is 51.8 Å². The number of phenols is 1. The van der Waals surface area contributed by atoms with E-state index in [1.807, 2.05) is 26.0 Å². The van der Waals surface area contributed by atoms with Gasteiger partial charge in [0.05, 0.1) is 17.1 Å². The highest BCUT2D eigenvalue weighted by atomic mass is 32.2. The number of amides is 3. The van der Waals surface area contributed by atoms with E-state index in [-0.39, 0.29) is 40.0 Å². The average molecular weight is 616 g/mol. The fraction of sp³-hybridized carbons (Fsp3) is 0.393. The normalized spacial score (nSPS) is 20.9. The molecule has 2 fully saturated rings. The molecule has 0 saturated heterocycles. The number of nitrogens with zero attached hydrogens (tertiary/aromatic N) is 2. The van der Waals surface area contributed by atoms with Crippen LogP contribution in [-0.2, 0) is 21.2 Å². The summed E-state index contributed by atoms with van der Waals surface area (Å²) in [5, 5.41) is 21.9. The molecule has 1 heterocycles. The maximum absolute atomic E-state index is 13.2. The van der Waals surface area contributed by atoms with E-state index >= 15 is 0 Å². The maximum atomic E-state index is 13.2. The molecular formula is C28H35N5O5P2S. The lowest BCUT2D eigenvalue weighted by molar-refractivity contribution is -0.123. The number of aryl methyl sites for hydroxylation is 2. The van der Waals surface area contributed by atoms with E-state index in [0.29, 0.717) is 41.9 Å². The standard InChI is InChI=1S/C28H35N5O5P2S/c1-14-8-21(33-28(36)29-16(3)25(31-33)27(39)40)9-15(2)22(14)10-17-4-7-23(34)24(11-17)41(37,38)32-20-12-19(13-20)30-26(35)18-5-6-18/h4,7-9,11,18-20,27,32,34H,3,5-6,10,12-13,39-40H2,1-2H3,(H,29,36)(H,30,35). The van der Waals surface area contributed by atoms with Crippen LogP contribution in [0.5, 0.6) is 5.75 Å². The number of carbonyl (C=O) groups is 2. The first-order valence-electron chi connectivity index (χ1n) is 13.5. The van der Waals surface area contributed by atoms with E-state index in [1.54, 1.807) is 6.07 Å². The van der Waals surface area contributed by atoms with Gasteiger partial charge in [-0.25, -0.2) is 17.9 Å².